The molecule has 7 heteroatoms. The number of rotatable bonds is 4. The molecule has 0 saturated heterocycles. The molecule has 0 saturated carbocycles. The van der Waals surface area contributed by atoms with Gasteiger partial charge in [0.15, 0.2) is 0 Å². The van der Waals surface area contributed by atoms with Crippen LogP contribution in [0.2, 0.25) is 0 Å². The summed E-state index contributed by atoms with van der Waals surface area (Å²) in [5.41, 5.74) is -1.03. The molecule has 1 aromatic heterocycles. The number of aliphatic hydroxyl groups excluding tert-OH is 1. The summed E-state index contributed by atoms with van der Waals surface area (Å²) in [6.45, 7) is 1.46. The average Bonchev–Trinajstić information content (AvgIpc) is 2.51. The zero-order valence-corrected chi connectivity index (χ0v) is 12.2. The van der Waals surface area contributed by atoms with Crippen molar-refractivity contribution >= 4 is 5.82 Å². The van der Waals surface area contributed by atoms with Crippen LogP contribution in [0.4, 0.5) is 19.0 Å². The Morgan fingerprint density at radius 3 is 2.48 bits per heavy atom. The predicted octanol–water partition coefficient (Wildman–Crippen LogP) is 3.43. The largest absolute Gasteiger partial charge is 0.417 e. The van der Waals surface area contributed by atoms with Gasteiger partial charge in [-0.05, 0) is 13.0 Å². The van der Waals surface area contributed by atoms with Crippen LogP contribution in [0.15, 0.2) is 36.4 Å². The van der Waals surface area contributed by atoms with Crippen molar-refractivity contribution in [2.75, 3.05) is 11.9 Å². The molecule has 2 aromatic rings. The van der Waals surface area contributed by atoms with Crippen molar-refractivity contribution in [3.05, 3.63) is 47.5 Å². The van der Waals surface area contributed by atoms with Crippen molar-refractivity contribution in [3.8, 4) is 17.3 Å². The maximum Gasteiger partial charge on any atom is 0.417 e. The lowest BCUT2D eigenvalue weighted by Crippen LogP contribution is -2.19. The molecule has 23 heavy (non-hydrogen) atoms. The molecule has 0 aliphatic rings. The number of alkyl halides is 3. The molecule has 0 bridgehead atoms. The van der Waals surface area contributed by atoms with E-state index < -0.39 is 23.4 Å². The van der Waals surface area contributed by atoms with Crippen LogP contribution in [0, 0.1) is 11.3 Å². The van der Waals surface area contributed by atoms with Crippen LogP contribution in [0.1, 0.15) is 18.1 Å². The third kappa shape index (κ3) is 3.99. The molecule has 1 heterocycles. The second kappa shape index (κ2) is 6.67. The molecule has 0 aliphatic heterocycles. The fourth-order valence-corrected chi connectivity index (χ4v) is 2.01. The molecule has 0 aliphatic carbocycles. The zero-order chi connectivity index (χ0) is 17.0. The minimum atomic E-state index is -4.68. The Morgan fingerprint density at radius 1 is 1.30 bits per heavy atom. The van der Waals surface area contributed by atoms with E-state index in [1.54, 1.807) is 36.4 Å². The lowest BCUT2D eigenvalue weighted by molar-refractivity contribution is -0.137. The average molecular weight is 321 g/mol. The first kappa shape index (κ1) is 16.8. The number of nitrogens with one attached hydrogen (secondary N) is 1. The molecule has 0 radical (unpaired) electrons. The van der Waals surface area contributed by atoms with E-state index in [0.29, 0.717) is 5.56 Å². The number of hydrogen-bond acceptors (Lipinski definition) is 4. The normalized spacial score (nSPS) is 12.5. The maximum atomic E-state index is 13.3. The number of nitriles is 1. The zero-order valence-electron chi connectivity index (χ0n) is 12.2. The van der Waals surface area contributed by atoms with Crippen LogP contribution in [0.5, 0.6) is 0 Å². The van der Waals surface area contributed by atoms with Crippen LogP contribution < -0.4 is 5.32 Å². The highest BCUT2D eigenvalue weighted by Gasteiger charge is 2.36. The van der Waals surface area contributed by atoms with Crippen molar-refractivity contribution in [1.29, 1.82) is 5.26 Å². The maximum absolute atomic E-state index is 13.3. The molecule has 2 rings (SSSR count). The Balaban J connectivity index is 2.62. The van der Waals surface area contributed by atoms with Gasteiger partial charge in [-0.15, -0.1) is 0 Å². The minimum absolute atomic E-state index is 0.0166. The summed E-state index contributed by atoms with van der Waals surface area (Å²) >= 11 is 0. The topological polar surface area (TPSA) is 68.9 Å². The van der Waals surface area contributed by atoms with Gasteiger partial charge in [0.25, 0.3) is 0 Å². The van der Waals surface area contributed by atoms with E-state index in [0.717, 1.165) is 6.07 Å². The molecule has 0 fully saturated rings. The van der Waals surface area contributed by atoms with E-state index in [1.165, 1.54) is 6.92 Å². The fraction of sp³-hybridized carbons (Fsp3) is 0.250. The molecule has 1 unspecified atom stereocenters. The number of benzene rings is 1. The van der Waals surface area contributed by atoms with Gasteiger partial charge in [0.2, 0.25) is 0 Å². The van der Waals surface area contributed by atoms with Crippen LogP contribution in [-0.4, -0.2) is 22.7 Å². The summed E-state index contributed by atoms with van der Waals surface area (Å²) in [6, 6.07) is 10.8. The van der Waals surface area contributed by atoms with Gasteiger partial charge >= 0.3 is 6.18 Å². The molecule has 4 nitrogen and oxygen atoms in total. The second-order valence-corrected chi connectivity index (χ2v) is 4.98. The van der Waals surface area contributed by atoms with Gasteiger partial charge in [-0.2, -0.15) is 18.4 Å². The number of anilines is 1. The molecule has 120 valence electrons. The fourth-order valence-electron chi connectivity index (χ4n) is 2.01. The third-order valence-electron chi connectivity index (χ3n) is 3.07. The van der Waals surface area contributed by atoms with Gasteiger partial charge < -0.3 is 10.4 Å². The number of hydrogen-bond donors (Lipinski definition) is 2. The van der Waals surface area contributed by atoms with Gasteiger partial charge in [-0.25, -0.2) is 4.98 Å². The minimum Gasteiger partial charge on any atom is -0.392 e. The Kier molecular flexibility index (Phi) is 4.86. The van der Waals surface area contributed by atoms with E-state index in [-0.39, 0.29) is 18.1 Å². The number of pyridine rings is 1. The number of nitrogens with zero attached hydrogens (tertiary/aromatic N) is 2. The third-order valence-corrected chi connectivity index (χ3v) is 3.07. The van der Waals surface area contributed by atoms with Gasteiger partial charge in [-0.3, -0.25) is 0 Å². The molecule has 0 spiro atoms. The van der Waals surface area contributed by atoms with Gasteiger partial charge in [-0.1, -0.05) is 30.3 Å². The molecule has 0 amide bonds. The number of halogens is 3. The van der Waals surface area contributed by atoms with Crippen LogP contribution in [0.3, 0.4) is 0 Å². The summed E-state index contributed by atoms with van der Waals surface area (Å²) in [4.78, 5) is 4.12. The number of aromatic nitrogens is 1. The molecule has 2 N–H and O–H groups in total. The Morgan fingerprint density at radius 2 is 1.96 bits per heavy atom. The lowest BCUT2D eigenvalue weighted by atomic mass is 10.0. The Hall–Kier alpha value is -2.59. The quantitative estimate of drug-likeness (QED) is 0.905. The van der Waals surface area contributed by atoms with Crippen molar-refractivity contribution in [2.45, 2.75) is 19.2 Å². The first-order chi connectivity index (χ1) is 10.8. The summed E-state index contributed by atoms with van der Waals surface area (Å²) < 4.78 is 39.8. The highest BCUT2D eigenvalue weighted by Crippen LogP contribution is 2.36. The Labute approximate surface area is 131 Å². The summed E-state index contributed by atoms with van der Waals surface area (Å²) in [5, 5.41) is 21.0. The first-order valence-corrected chi connectivity index (χ1v) is 6.82. The van der Waals surface area contributed by atoms with Crippen molar-refractivity contribution < 1.29 is 18.3 Å². The molecule has 1 atom stereocenters. The lowest BCUT2D eigenvalue weighted by Gasteiger charge is -2.16. The molecular weight excluding hydrogens is 307 g/mol. The first-order valence-electron chi connectivity index (χ1n) is 6.82. The monoisotopic (exact) mass is 321 g/mol. The van der Waals surface area contributed by atoms with E-state index in [1.807, 2.05) is 0 Å². The summed E-state index contributed by atoms with van der Waals surface area (Å²) in [6.07, 6.45) is -5.48. The van der Waals surface area contributed by atoms with Gasteiger partial charge in [0.1, 0.15) is 17.5 Å². The van der Waals surface area contributed by atoms with Crippen molar-refractivity contribution in [2.24, 2.45) is 0 Å². The van der Waals surface area contributed by atoms with E-state index in [9.17, 15) is 18.3 Å². The second-order valence-electron chi connectivity index (χ2n) is 4.98. The Bertz CT molecular complexity index is 722. The SMILES string of the molecule is CC(O)CNc1nc(-c2ccccc2)cc(C(F)(F)F)c1C#N. The number of aliphatic hydroxyl groups is 1. The van der Waals surface area contributed by atoms with Gasteiger partial charge in [0, 0.05) is 12.1 Å². The van der Waals surface area contributed by atoms with Crippen molar-refractivity contribution in [3.63, 3.8) is 0 Å². The van der Waals surface area contributed by atoms with Gasteiger partial charge in [0.05, 0.1) is 17.4 Å². The van der Waals surface area contributed by atoms with Crippen LogP contribution >= 0.6 is 0 Å². The highest BCUT2D eigenvalue weighted by molar-refractivity contribution is 5.68. The van der Waals surface area contributed by atoms with E-state index >= 15 is 0 Å². The molecular formula is C16H14F3N3O. The van der Waals surface area contributed by atoms with E-state index in [2.05, 4.69) is 10.3 Å². The predicted molar refractivity (Wildman–Crippen MR) is 79.6 cm³/mol. The standard InChI is InChI=1S/C16H14F3N3O/c1-10(23)9-21-15-12(8-20)13(16(17,18)19)7-14(22-15)11-5-3-2-4-6-11/h2-7,10,23H,9H2,1H3,(H,21,22). The van der Waals surface area contributed by atoms with Crippen molar-refractivity contribution in [1.82, 2.24) is 4.98 Å². The van der Waals surface area contributed by atoms with Crippen LogP contribution in [0.25, 0.3) is 11.3 Å². The molecule has 1 aromatic carbocycles. The van der Waals surface area contributed by atoms with Crippen LogP contribution in [-0.2, 0) is 6.18 Å². The summed E-state index contributed by atoms with van der Waals surface area (Å²) in [5.74, 6) is -0.193. The smallest absolute Gasteiger partial charge is 0.392 e. The van der Waals surface area contributed by atoms with E-state index in [4.69, 9.17) is 5.26 Å². The summed E-state index contributed by atoms with van der Waals surface area (Å²) in [7, 11) is 0. The highest BCUT2D eigenvalue weighted by atomic mass is 19.4.